The Morgan fingerprint density at radius 1 is 1.15 bits per heavy atom. The lowest BCUT2D eigenvalue weighted by Crippen LogP contribution is -2.15. The third-order valence-electron chi connectivity index (χ3n) is 3.18. The summed E-state index contributed by atoms with van der Waals surface area (Å²) >= 11 is 0. The summed E-state index contributed by atoms with van der Waals surface area (Å²) in [6.45, 7) is 4.12. The molecule has 0 atom stereocenters. The molecular weight excluding hydrogens is 252 g/mol. The lowest BCUT2D eigenvalue weighted by molar-refractivity contribution is 0.0786. The Morgan fingerprint density at radius 2 is 1.85 bits per heavy atom. The Labute approximate surface area is 119 Å². The summed E-state index contributed by atoms with van der Waals surface area (Å²) < 4.78 is 0. The van der Waals surface area contributed by atoms with E-state index in [9.17, 15) is 10.2 Å². The molecule has 4 nitrogen and oxygen atoms in total. The van der Waals surface area contributed by atoms with E-state index in [0.29, 0.717) is 12.4 Å². The Balaban J connectivity index is 2.04. The number of nitrogens with one attached hydrogen (secondary N) is 1. The van der Waals surface area contributed by atoms with E-state index in [2.05, 4.69) is 10.3 Å². The summed E-state index contributed by atoms with van der Waals surface area (Å²) in [5.41, 5.74) is 1.93. The summed E-state index contributed by atoms with van der Waals surface area (Å²) in [5, 5.41) is 22.3. The summed E-state index contributed by atoms with van der Waals surface area (Å²) in [6.07, 6.45) is 1.69. The highest BCUT2D eigenvalue weighted by atomic mass is 16.3. The average molecular weight is 272 g/mol. The van der Waals surface area contributed by atoms with Crippen LogP contribution in [-0.4, -0.2) is 15.2 Å². The summed E-state index contributed by atoms with van der Waals surface area (Å²) in [5.74, 6) is 0.696. The number of hydrogen-bond acceptors (Lipinski definition) is 4. The predicted molar refractivity (Wildman–Crippen MR) is 79.2 cm³/mol. The minimum atomic E-state index is -0.822. The molecule has 0 saturated carbocycles. The lowest BCUT2D eigenvalue weighted by atomic mass is 9.97. The summed E-state index contributed by atoms with van der Waals surface area (Å²) in [7, 11) is 0. The van der Waals surface area contributed by atoms with Gasteiger partial charge >= 0.3 is 0 Å². The number of anilines is 1. The molecule has 4 heteroatoms. The second-order valence-corrected chi connectivity index (χ2v) is 5.28. The molecule has 2 aromatic rings. The Hall–Kier alpha value is -1.91. The molecule has 0 unspecified atom stereocenters. The van der Waals surface area contributed by atoms with E-state index in [4.69, 9.17) is 0 Å². The third-order valence-corrected chi connectivity index (χ3v) is 3.18. The van der Waals surface area contributed by atoms with Crippen LogP contribution in [-0.2, 0) is 18.8 Å². The minimum Gasteiger partial charge on any atom is -0.392 e. The van der Waals surface area contributed by atoms with Gasteiger partial charge in [0.25, 0.3) is 0 Å². The summed E-state index contributed by atoms with van der Waals surface area (Å²) in [4.78, 5) is 4.21. The Kier molecular flexibility index (Phi) is 4.37. The molecular formula is C16H20N2O2. The van der Waals surface area contributed by atoms with Gasteiger partial charge in [-0.2, -0.15) is 0 Å². The first-order valence-electron chi connectivity index (χ1n) is 6.61. The van der Waals surface area contributed by atoms with E-state index >= 15 is 0 Å². The fourth-order valence-corrected chi connectivity index (χ4v) is 1.94. The molecule has 0 aliphatic heterocycles. The Morgan fingerprint density at radius 3 is 2.45 bits per heavy atom. The van der Waals surface area contributed by atoms with Crippen LogP contribution in [0.3, 0.4) is 0 Å². The van der Waals surface area contributed by atoms with Crippen LogP contribution in [0.4, 0.5) is 5.82 Å². The number of nitrogens with zero attached hydrogens (tertiary/aromatic N) is 1. The van der Waals surface area contributed by atoms with E-state index in [1.54, 1.807) is 26.1 Å². The van der Waals surface area contributed by atoms with Crippen molar-refractivity contribution in [2.75, 3.05) is 5.32 Å². The molecule has 0 radical (unpaired) electrons. The first-order chi connectivity index (χ1) is 9.50. The molecule has 1 heterocycles. The fourth-order valence-electron chi connectivity index (χ4n) is 1.94. The van der Waals surface area contributed by atoms with Crippen LogP contribution in [0.2, 0.25) is 0 Å². The highest BCUT2D eigenvalue weighted by Crippen LogP contribution is 2.20. The second kappa shape index (κ2) is 6.03. The van der Waals surface area contributed by atoms with Gasteiger partial charge in [0.2, 0.25) is 0 Å². The van der Waals surface area contributed by atoms with Gasteiger partial charge < -0.3 is 15.5 Å². The largest absolute Gasteiger partial charge is 0.392 e. The molecule has 1 aromatic carbocycles. The average Bonchev–Trinajstić information content (AvgIpc) is 2.45. The second-order valence-electron chi connectivity index (χ2n) is 5.28. The lowest BCUT2D eigenvalue weighted by Gasteiger charge is -2.18. The number of hydrogen-bond donors (Lipinski definition) is 3. The van der Waals surface area contributed by atoms with Crippen LogP contribution in [0.15, 0.2) is 42.6 Å². The highest BCUT2D eigenvalue weighted by molar-refractivity contribution is 5.44. The highest BCUT2D eigenvalue weighted by Gasteiger charge is 2.14. The predicted octanol–water partition coefficient (Wildman–Crippen LogP) is 2.41. The zero-order valence-electron chi connectivity index (χ0n) is 11.8. The topological polar surface area (TPSA) is 65.4 Å². The van der Waals surface area contributed by atoms with E-state index < -0.39 is 5.60 Å². The van der Waals surface area contributed by atoms with Gasteiger partial charge in [-0.15, -0.1) is 0 Å². The van der Waals surface area contributed by atoms with Crippen molar-refractivity contribution in [1.82, 2.24) is 4.98 Å². The number of pyridine rings is 1. The van der Waals surface area contributed by atoms with Gasteiger partial charge in [-0.05, 0) is 31.0 Å². The zero-order chi connectivity index (χ0) is 14.6. The van der Waals surface area contributed by atoms with E-state index in [-0.39, 0.29) is 6.61 Å². The molecule has 0 saturated heterocycles. The summed E-state index contributed by atoms with van der Waals surface area (Å²) in [6, 6.07) is 11.4. The molecule has 0 amide bonds. The van der Waals surface area contributed by atoms with Crippen molar-refractivity contribution in [3.8, 4) is 0 Å². The normalized spacial score (nSPS) is 11.4. The maximum Gasteiger partial charge on any atom is 0.131 e. The molecule has 1 aromatic heterocycles. The van der Waals surface area contributed by atoms with E-state index in [1.807, 2.05) is 30.3 Å². The van der Waals surface area contributed by atoms with Gasteiger partial charge in [0.15, 0.2) is 0 Å². The van der Waals surface area contributed by atoms with Gasteiger partial charge in [0.05, 0.1) is 12.2 Å². The molecule has 20 heavy (non-hydrogen) atoms. The van der Waals surface area contributed by atoms with Gasteiger partial charge in [-0.3, -0.25) is 0 Å². The number of aliphatic hydroxyl groups is 2. The molecule has 0 aliphatic carbocycles. The van der Waals surface area contributed by atoms with Crippen LogP contribution in [0.25, 0.3) is 0 Å². The number of aliphatic hydroxyl groups excluding tert-OH is 1. The van der Waals surface area contributed by atoms with Crippen molar-refractivity contribution in [1.29, 1.82) is 0 Å². The minimum absolute atomic E-state index is 0.0339. The monoisotopic (exact) mass is 272 g/mol. The van der Waals surface area contributed by atoms with Crippen molar-refractivity contribution in [3.63, 3.8) is 0 Å². The van der Waals surface area contributed by atoms with Crippen LogP contribution >= 0.6 is 0 Å². The van der Waals surface area contributed by atoms with Gasteiger partial charge in [0, 0.05) is 18.3 Å². The number of rotatable bonds is 5. The molecule has 3 N–H and O–H groups in total. The SMILES string of the molecule is CC(C)(O)c1ccc(CNc2ncccc2CO)cc1. The van der Waals surface area contributed by atoms with Crippen LogP contribution in [0.1, 0.15) is 30.5 Å². The van der Waals surface area contributed by atoms with Crippen molar-refractivity contribution < 1.29 is 10.2 Å². The first-order valence-corrected chi connectivity index (χ1v) is 6.61. The molecule has 2 rings (SSSR count). The maximum absolute atomic E-state index is 9.90. The smallest absolute Gasteiger partial charge is 0.131 e. The van der Waals surface area contributed by atoms with Crippen molar-refractivity contribution in [2.45, 2.75) is 32.6 Å². The van der Waals surface area contributed by atoms with E-state index in [1.165, 1.54) is 0 Å². The number of aromatic nitrogens is 1. The standard InChI is InChI=1S/C16H20N2O2/c1-16(2,20)14-7-5-12(6-8-14)10-18-15-13(11-19)4-3-9-17-15/h3-9,19-20H,10-11H2,1-2H3,(H,17,18). The maximum atomic E-state index is 9.90. The first kappa shape index (κ1) is 14.5. The van der Waals surface area contributed by atoms with Crippen LogP contribution in [0.5, 0.6) is 0 Å². The van der Waals surface area contributed by atoms with Gasteiger partial charge in [-0.1, -0.05) is 30.3 Å². The van der Waals surface area contributed by atoms with Crippen molar-refractivity contribution >= 4 is 5.82 Å². The van der Waals surface area contributed by atoms with Gasteiger partial charge in [-0.25, -0.2) is 4.98 Å². The Bertz CT molecular complexity index is 559. The fraction of sp³-hybridized carbons (Fsp3) is 0.312. The third kappa shape index (κ3) is 3.56. The molecule has 0 fully saturated rings. The zero-order valence-corrected chi connectivity index (χ0v) is 11.8. The van der Waals surface area contributed by atoms with Crippen LogP contribution in [0, 0.1) is 0 Å². The van der Waals surface area contributed by atoms with E-state index in [0.717, 1.165) is 16.7 Å². The molecule has 0 bridgehead atoms. The molecule has 0 spiro atoms. The van der Waals surface area contributed by atoms with Crippen LogP contribution < -0.4 is 5.32 Å². The molecule has 0 aliphatic rings. The van der Waals surface area contributed by atoms with Crippen molar-refractivity contribution in [3.05, 3.63) is 59.3 Å². The quantitative estimate of drug-likeness (QED) is 0.782. The molecule has 106 valence electrons. The number of benzene rings is 1. The van der Waals surface area contributed by atoms with Crippen molar-refractivity contribution in [2.24, 2.45) is 0 Å². The van der Waals surface area contributed by atoms with Gasteiger partial charge in [0.1, 0.15) is 5.82 Å².